The third-order valence-electron chi connectivity index (χ3n) is 3.19. The molecule has 2 amide bonds. The molecule has 1 aliphatic rings. The largest absolute Gasteiger partial charge is 0.375 e. The fraction of sp³-hybridized carbons (Fsp3) is 0.429. The lowest BCUT2D eigenvalue weighted by molar-refractivity contribution is -0.122. The maximum atomic E-state index is 11.7. The fourth-order valence-corrected chi connectivity index (χ4v) is 1.88. The van der Waals surface area contributed by atoms with Gasteiger partial charge in [-0.15, -0.1) is 0 Å². The molecular weight excluding hydrogens is 244 g/mol. The molecule has 102 valence electrons. The molecule has 5 heteroatoms. The third kappa shape index (κ3) is 3.79. The summed E-state index contributed by atoms with van der Waals surface area (Å²) in [7, 11) is 1.47. The number of hydrogen-bond acceptors (Lipinski definition) is 3. The van der Waals surface area contributed by atoms with Gasteiger partial charge in [0.1, 0.15) is 6.61 Å². The van der Waals surface area contributed by atoms with E-state index >= 15 is 0 Å². The summed E-state index contributed by atoms with van der Waals surface area (Å²) in [5.74, 6) is 0.0530. The van der Waals surface area contributed by atoms with Gasteiger partial charge in [-0.2, -0.15) is 0 Å². The normalized spacial score (nSPS) is 14.6. The molecular formula is C14H18N2O3. The molecule has 2 N–H and O–H groups in total. The smallest absolute Gasteiger partial charge is 0.250 e. The zero-order valence-electron chi connectivity index (χ0n) is 10.9. The highest BCUT2D eigenvalue weighted by Gasteiger charge is 2.24. The first kappa shape index (κ1) is 13.5. The molecule has 0 bridgehead atoms. The summed E-state index contributed by atoms with van der Waals surface area (Å²) >= 11 is 0. The topological polar surface area (TPSA) is 67.4 Å². The number of hydrogen-bond donors (Lipinski definition) is 2. The average molecular weight is 262 g/mol. The van der Waals surface area contributed by atoms with Gasteiger partial charge in [0.05, 0.1) is 0 Å². The summed E-state index contributed by atoms with van der Waals surface area (Å²) in [4.78, 5) is 23.1. The minimum Gasteiger partial charge on any atom is -0.375 e. The molecule has 0 radical (unpaired) electrons. The Kier molecular flexibility index (Phi) is 4.52. The zero-order chi connectivity index (χ0) is 13.7. The second-order valence-corrected chi connectivity index (χ2v) is 4.68. The van der Waals surface area contributed by atoms with Crippen molar-refractivity contribution in [2.24, 2.45) is 5.92 Å². The van der Waals surface area contributed by atoms with E-state index in [0.29, 0.717) is 5.69 Å². The SMILES string of the molecule is COCC(=O)Nc1ccc(NC(=O)C2CCC2)cc1. The number of rotatable bonds is 5. The summed E-state index contributed by atoms with van der Waals surface area (Å²) < 4.78 is 4.73. The maximum absolute atomic E-state index is 11.7. The minimum absolute atomic E-state index is 0.0279. The molecule has 0 atom stereocenters. The Morgan fingerprint density at radius 1 is 1.16 bits per heavy atom. The van der Waals surface area contributed by atoms with E-state index in [1.807, 2.05) is 0 Å². The number of methoxy groups -OCH3 is 1. The zero-order valence-corrected chi connectivity index (χ0v) is 10.9. The second-order valence-electron chi connectivity index (χ2n) is 4.68. The van der Waals surface area contributed by atoms with Gasteiger partial charge in [-0.05, 0) is 37.1 Å². The summed E-state index contributed by atoms with van der Waals surface area (Å²) in [6.45, 7) is 0.0279. The summed E-state index contributed by atoms with van der Waals surface area (Å²) in [5, 5.41) is 5.57. The lowest BCUT2D eigenvalue weighted by Gasteiger charge is -2.24. The van der Waals surface area contributed by atoms with Crippen LogP contribution in [0.2, 0.25) is 0 Å². The predicted molar refractivity (Wildman–Crippen MR) is 72.9 cm³/mol. The van der Waals surface area contributed by atoms with Crippen LogP contribution in [0.4, 0.5) is 11.4 Å². The molecule has 1 aromatic carbocycles. The monoisotopic (exact) mass is 262 g/mol. The van der Waals surface area contributed by atoms with Gasteiger partial charge in [0.2, 0.25) is 11.8 Å². The van der Waals surface area contributed by atoms with Gasteiger partial charge in [-0.3, -0.25) is 9.59 Å². The summed E-state index contributed by atoms with van der Waals surface area (Å²) in [6, 6.07) is 7.06. The van der Waals surface area contributed by atoms with Crippen molar-refractivity contribution in [1.29, 1.82) is 0 Å². The van der Waals surface area contributed by atoms with Gasteiger partial charge in [-0.1, -0.05) is 6.42 Å². The number of benzene rings is 1. The van der Waals surface area contributed by atoms with Crippen LogP contribution in [0, 0.1) is 5.92 Å². The Morgan fingerprint density at radius 3 is 2.21 bits per heavy atom. The third-order valence-corrected chi connectivity index (χ3v) is 3.19. The number of carbonyl (C=O) groups is 2. The quantitative estimate of drug-likeness (QED) is 0.853. The first-order chi connectivity index (χ1) is 9.19. The van der Waals surface area contributed by atoms with Crippen LogP contribution in [0.1, 0.15) is 19.3 Å². The summed E-state index contributed by atoms with van der Waals surface area (Å²) in [5.41, 5.74) is 1.44. The van der Waals surface area contributed by atoms with Gasteiger partial charge in [-0.25, -0.2) is 0 Å². The van der Waals surface area contributed by atoms with Crippen LogP contribution < -0.4 is 10.6 Å². The van der Waals surface area contributed by atoms with Gasteiger partial charge >= 0.3 is 0 Å². The number of ether oxygens (including phenoxy) is 1. The minimum atomic E-state index is -0.200. The van der Waals surface area contributed by atoms with Crippen molar-refractivity contribution in [2.45, 2.75) is 19.3 Å². The maximum Gasteiger partial charge on any atom is 0.250 e. The van der Waals surface area contributed by atoms with Crippen LogP contribution in [-0.2, 0) is 14.3 Å². The van der Waals surface area contributed by atoms with Gasteiger partial charge in [0.25, 0.3) is 0 Å². The average Bonchev–Trinajstić information content (AvgIpc) is 2.29. The van der Waals surface area contributed by atoms with Crippen molar-refractivity contribution >= 4 is 23.2 Å². The molecule has 1 saturated carbocycles. The molecule has 1 aromatic rings. The molecule has 1 aliphatic carbocycles. The van der Waals surface area contributed by atoms with Crippen molar-refractivity contribution in [2.75, 3.05) is 24.4 Å². The highest BCUT2D eigenvalue weighted by Crippen LogP contribution is 2.27. The predicted octanol–water partition coefficient (Wildman–Crippen LogP) is 2.01. The molecule has 19 heavy (non-hydrogen) atoms. The standard InChI is InChI=1S/C14H18N2O3/c1-19-9-13(17)15-11-5-7-12(8-6-11)16-14(18)10-3-2-4-10/h5-8,10H,2-4,9H2,1H3,(H,15,17)(H,16,18). The van der Waals surface area contributed by atoms with Gasteiger partial charge < -0.3 is 15.4 Å². The van der Waals surface area contributed by atoms with Crippen LogP contribution in [0.15, 0.2) is 24.3 Å². The Labute approximate surface area is 112 Å². The Hall–Kier alpha value is -1.88. The van der Waals surface area contributed by atoms with E-state index in [9.17, 15) is 9.59 Å². The van der Waals surface area contributed by atoms with E-state index in [4.69, 9.17) is 4.74 Å². The Balaban J connectivity index is 1.87. The van der Waals surface area contributed by atoms with Gasteiger partial charge in [0.15, 0.2) is 0 Å². The van der Waals surface area contributed by atoms with Gasteiger partial charge in [0, 0.05) is 24.4 Å². The van der Waals surface area contributed by atoms with E-state index in [1.54, 1.807) is 24.3 Å². The van der Waals surface area contributed by atoms with Crippen LogP contribution in [0.5, 0.6) is 0 Å². The van der Waals surface area contributed by atoms with E-state index in [0.717, 1.165) is 24.9 Å². The lowest BCUT2D eigenvalue weighted by Crippen LogP contribution is -2.28. The highest BCUT2D eigenvalue weighted by molar-refractivity contribution is 5.94. The lowest BCUT2D eigenvalue weighted by atomic mass is 9.85. The number of amides is 2. The van der Waals surface area contributed by atoms with Crippen LogP contribution >= 0.6 is 0 Å². The van der Waals surface area contributed by atoms with Crippen LogP contribution in [0.3, 0.4) is 0 Å². The van der Waals surface area contributed by atoms with E-state index in [1.165, 1.54) is 7.11 Å². The Morgan fingerprint density at radius 2 is 1.74 bits per heavy atom. The van der Waals surface area contributed by atoms with E-state index in [2.05, 4.69) is 10.6 Å². The first-order valence-corrected chi connectivity index (χ1v) is 6.39. The highest BCUT2D eigenvalue weighted by atomic mass is 16.5. The number of carbonyl (C=O) groups excluding carboxylic acids is 2. The molecule has 1 fully saturated rings. The molecule has 0 saturated heterocycles. The van der Waals surface area contributed by atoms with E-state index in [-0.39, 0.29) is 24.3 Å². The molecule has 0 unspecified atom stereocenters. The number of nitrogens with one attached hydrogen (secondary N) is 2. The summed E-state index contributed by atoms with van der Waals surface area (Å²) in [6.07, 6.45) is 3.11. The Bertz CT molecular complexity index is 452. The molecule has 0 spiro atoms. The van der Waals surface area contributed by atoms with Crippen LogP contribution in [-0.4, -0.2) is 25.5 Å². The second kappa shape index (κ2) is 6.33. The van der Waals surface area contributed by atoms with Crippen molar-refractivity contribution in [3.05, 3.63) is 24.3 Å². The van der Waals surface area contributed by atoms with Crippen LogP contribution in [0.25, 0.3) is 0 Å². The van der Waals surface area contributed by atoms with Crippen molar-refractivity contribution in [3.8, 4) is 0 Å². The molecule has 2 rings (SSSR count). The van der Waals surface area contributed by atoms with E-state index < -0.39 is 0 Å². The van der Waals surface area contributed by atoms with Crippen molar-refractivity contribution in [3.63, 3.8) is 0 Å². The molecule has 5 nitrogen and oxygen atoms in total. The fourth-order valence-electron chi connectivity index (χ4n) is 1.88. The molecule has 0 heterocycles. The first-order valence-electron chi connectivity index (χ1n) is 6.39. The molecule has 0 aromatic heterocycles. The van der Waals surface area contributed by atoms with Crippen molar-refractivity contribution < 1.29 is 14.3 Å². The van der Waals surface area contributed by atoms with Crippen molar-refractivity contribution in [1.82, 2.24) is 0 Å². The number of anilines is 2. The molecule has 0 aliphatic heterocycles.